The van der Waals surface area contributed by atoms with Gasteiger partial charge in [-0.05, 0) is 56.4 Å². The van der Waals surface area contributed by atoms with E-state index in [1.165, 1.54) is 11.1 Å². The van der Waals surface area contributed by atoms with Crippen molar-refractivity contribution >= 4 is 34.7 Å². The standard InChI is InChI=1S/C22H34N4OS/c1-7-18(8-2)24-22(27)20-13-28-21(25-20)12-17-10-16(5)19(11-15(17)4)23-14-26(6)9-3/h10-11,14,18,20H,7-9,12-13H2,1-6H3,(H,24,27). The maximum absolute atomic E-state index is 12.4. The smallest absolute Gasteiger partial charge is 0.245 e. The van der Waals surface area contributed by atoms with Crippen molar-refractivity contribution in [2.45, 2.75) is 66.0 Å². The predicted octanol–water partition coefficient (Wildman–Crippen LogP) is 4.28. The Morgan fingerprint density at radius 3 is 2.68 bits per heavy atom. The predicted molar refractivity (Wildman–Crippen MR) is 122 cm³/mol. The lowest BCUT2D eigenvalue weighted by Crippen LogP contribution is -2.40. The summed E-state index contributed by atoms with van der Waals surface area (Å²) in [4.78, 5) is 23.8. The summed E-state index contributed by atoms with van der Waals surface area (Å²) in [6.45, 7) is 11.5. The fourth-order valence-electron chi connectivity index (χ4n) is 3.04. The quantitative estimate of drug-likeness (QED) is 0.495. The first-order valence-electron chi connectivity index (χ1n) is 10.2. The van der Waals surface area contributed by atoms with Gasteiger partial charge in [-0.3, -0.25) is 9.79 Å². The lowest BCUT2D eigenvalue weighted by molar-refractivity contribution is -0.122. The molecular weight excluding hydrogens is 368 g/mol. The van der Waals surface area contributed by atoms with Crippen LogP contribution in [0.4, 0.5) is 5.69 Å². The first kappa shape index (κ1) is 22.5. The Labute approximate surface area is 174 Å². The van der Waals surface area contributed by atoms with E-state index in [-0.39, 0.29) is 18.0 Å². The number of nitrogens with zero attached hydrogens (tertiary/aromatic N) is 3. The molecule has 0 spiro atoms. The summed E-state index contributed by atoms with van der Waals surface area (Å²) in [5, 5.41) is 4.17. The number of hydrogen-bond acceptors (Lipinski definition) is 4. The zero-order chi connectivity index (χ0) is 20.7. The van der Waals surface area contributed by atoms with E-state index in [0.29, 0.717) is 0 Å². The van der Waals surface area contributed by atoms with Gasteiger partial charge in [-0.25, -0.2) is 4.99 Å². The lowest BCUT2D eigenvalue weighted by Gasteiger charge is -2.16. The molecule has 0 radical (unpaired) electrons. The molecule has 1 amide bonds. The van der Waals surface area contributed by atoms with E-state index in [2.05, 4.69) is 62.0 Å². The van der Waals surface area contributed by atoms with Crippen molar-refractivity contribution in [3.63, 3.8) is 0 Å². The molecular formula is C22H34N4OS. The third kappa shape index (κ3) is 6.09. The number of thioether (sulfide) groups is 1. The molecule has 2 rings (SSSR count). The molecule has 6 heteroatoms. The largest absolute Gasteiger partial charge is 0.366 e. The highest BCUT2D eigenvalue weighted by Gasteiger charge is 2.26. The molecule has 1 atom stereocenters. The highest BCUT2D eigenvalue weighted by molar-refractivity contribution is 8.14. The number of aryl methyl sites for hydroxylation is 2. The molecule has 0 fully saturated rings. The molecule has 0 saturated heterocycles. The molecule has 1 aromatic rings. The average molecular weight is 403 g/mol. The van der Waals surface area contributed by atoms with Gasteiger partial charge in [0.05, 0.1) is 17.1 Å². The van der Waals surface area contributed by atoms with Crippen LogP contribution in [0.2, 0.25) is 0 Å². The molecule has 1 heterocycles. The number of nitrogens with one attached hydrogen (secondary N) is 1. The summed E-state index contributed by atoms with van der Waals surface area (Å²) in [5.74, 6) is 0.805. The van der Waals surface area contributed by atoms with Crippen LogP contribution in [0, 0.1) is 13.8 Å². The minimum absolute atomic E-state index is 0.0637. The first-order valence-corrected chi connectivity index (χ1v) is 11.2. The molecule has 1 aliphatic rings. The van der Waals surface area contributed by atoms with Crippen molar-refractivity contribution in [3.05, 3.63) is 28.8 Å². The molecule has 1 unspecified atom stereocenters. The van der Waals surface area contributed by atoms with Crippen LogP contribution in [0.3, 0.4) is 0 Å². The number of rotatable bonds is 9. The van der Waals surface area contributed by atoms with Crippen LogP contribution in [0.5, 0.6) is 0 Å². The number of hydrogen-bond donors (Lipinski definition) is 1. The molecule has 28 heavy (non-hydrogen) atoms. The highest BCUT2D eigenvalue weighted by Crippen LogP contribution is 2.27. The molecule has 0 saturated carbocycles. The fourth-order valence-corrected chi connectivity index (χ4v) is 4.08. The van der Waals surface area contributed by atoms with E-state index in [4.69, 9.17) is 4.99 Å². The van der Waals surface area contributed by atoms with Gasteiger partial charge in [-0.15, -0.1) is 11.8 Å². The molecule has 1 N–H and O–H groups in total. The summed E-state index contributed by atoms with van der Waals surface area (Å²) in [6, 6.07) is 4.34. The maximum Gasteiger partial charge on any atom is 0.245 e. The maximum atomic E-state index is 12.4. The topological polar surface area (TPSA) is 57.1 Å². The Morgan fingerprint density at radius 1 is 1.32 bits per heavy atom. The van der Waals surface area contributed by atoms with E-state index < -0.39 is 0 Å². The van der Waals surface area contributed by atoms with Crippen molar-refractivity contribution in [2.75, 3.05) is 19.3 Å². The zero-order valence-corrected chi connectivity index (χ0v) is 18.9. The second kappa shape index (κ2) is 10.6. The lowest BCUT2D eigenvalue weighted by atomic mass is 10.0. The molecule has 0 aliphatic carbocycles. The SMILES string of the molecule is CCC(CC)NC(=O)C1CSC(Cc2cc(C)c(N=CN(C)CC)cc2C)=N1. The normalized spacial score (nSPS) is 16.7. The Hall–Kier alpha value is -1.82. The Morgan fingerprint density at radius 2 is 2.04 bits per heavy atom. The van der Waals surface area contributed by atoms with E-state index in [1.54, 1.807) is 11.8 Å². The first-order chi connectivity index (χ1) is 13.4. The molecule has 0 aromatic heterocycles. The zero-order valence-electron chi connectivity index (χ0n) is 18.1. The Balaban J connectivity index is 2.06. The summed E-state index contributed by atoms with van der Waals surface area (Å²) < 4.78 is 0. The number of benzene rings is 1. The Kier molecular flexibility index (Phi) is 8.55. The van der Waals surface area contributed by atoms with Crippen LogP contribution < -0.4 is 5.32 Å². The van der Waals surface area contributed by atoms with Gasteiger partial charge in [0.2, 0.25) is 5.91 Å². The van der Waals surface area contributed by atoms with Gasteiger partial charge in [-0.2, -0.15) is 0 Å². The van der Waals surface area contributed by atoms with E-state index >= 15 is 0 Å². The van der Waals surface area contributed by atoms with Crippen molar-refractivity contribution < 1.29 is 4.79 Å². The number of amides is 1. The van der Waals surface area contributed by atoms with Crippen molar-refractivity contribution in [2.24, 2.45) is 9.98 Å². The summed E-state index contributed by atoms with van der Waals surface area (Å²) in [6.07, 6.45) is 4.58. The van der Waals surface area contributed by atoms with Gasteiger partial charge in [0, 0.05) is 31.8 Å². The van der Waals surface area contributed by atoms with Gasteiger partial charge in [0.25, 0.3) is 0 Å². The average Bonchev–Trinajstić information content (AvgIpc) is 3.15. The number of aliphatic imine (C=N–C) groups is 2. The van der Waals surface area contributed by atoms with Gasteiger partial charge in [0.15, 0.2) is 0 Å². The van der Waals surface area contributed by atoms with Crippen molar-refractivity contribution in [1.29, 1.82) is 0 Å². The van der Waals surface area contributed by atoms with Crippen LogP contribution in [0.1, 0.15) is 50.3 Å². The second-order valence-corrected chi connectivity index (χ2v) is 8.52. The molecule has 1 aliphatic heterocycles. The van der Waals surface area contributed by atoms with Crippen LogP contribution in [-0.4, -0.2) is 53.6 Å². The van der Waals surface area contributed by atoms with E-state index in [0.717, 1.165) is 47.9 Å². The molecule has 1 aromatic carbocycles. The Bertz CT molecular complexity index is 740. The highest BCUT2D eigenvalue weighted by atomic mass is 32.2. The fraction of sp³-hybridized carbons (Fsp3) is 0.591. The summed E-state index contributed by atoms with van der Waals surface area (Å²) in [7, 11) is 2.02. The monoisotopic (exact) mass is 402 g/mol. The molecule has 0 bridgehead atoms. The summed E-state index contributed by atoms with van der Waals surface area (Å²) >= 11 is 1.70. The van der Waals surface area contributed by atoms with E-state index in [9.17, 15) is 4.79 Å². The number of carbonyl (C=O) groups excluding carboxylic acids is 1. The molecule has 5 nitrogen and oxygen atoms in total. The second-order valence-electron chi connectivity index (χ2n) is 7.43. The van der Waals surface area contributed by atoms with Crippen LogP contribution >= 0.6 is 11.8 Å². The van der Waals surface area contributed by atoms with Crippen LogP contribution in [0.15, 0.2) is 22.1 Å². The van der Waals surface area contributed by atoms with Gasteiger partial charge >= 0.3 is 0 Å². The minimum atomic E-state index is -0.254. The van der Waals surface area contributed by atoms with Gasteiger partial charge in [-0.1, -0.05) is 19.9 Å². The third-order valence-electron chi connectivity index (χ3n) is 5.23. The molecule has 154 valence electrons. The van der Waals surface area contributed by atoms with Crippen molar-refractivity contribution in [3.8, 4) is 0 Å². The minimum Gasteiger partial charge on any atom is -0.366 e. The summed E-state index contributed by atoms with van der Waals surface area (Å²) in [5.41, 5.74) is 4.63. The van der Waals surface area contributed by atoms with Gasteiger partial charge < -0.3 is 10.2 Å². The third-order valence-corrected chi connectivity index (χ3v) is 6.30. The van der Waals surface area contributed by atoms with Gasteiger partial charge in [0.1, 0.15) is 6.04 Å². The number of carbonyl (C=O) groups is 1. The van der Waals surface area contributed by atoms with Crippen molar-refractivity contribution in [1.82, 2.24) is 10.2 Å². The van der Waals surface area contributed by atoms with Crippen LogP contribution in [-0.2, 0) is 11.2 Å². The van der Waals surface area contributed by atoms with E-state index in [1.807, 2.05) is 13.4 Å². The van der Waals surface area contributed by atoms with Crippen LogP contribution in [0.25, 0.3) is 0 Å².